The number of hydrogen-bond acceptors (Lipinski definition) is 4. The Labute approximate surface area is 77.7 Å². The van der Waals surface area contributed by atoms with E-state index in [0.29, 0.717) is 5.41 Å². The van der Waals surface area contributed by atoms with Crippen molar-refractivity contribution >= 4 is 0 Å². The van der Waals surface area contributed by atoms with Crippen molar-refractivity contribution in [1.82, 2.24) is 15.6 Å². The third-order valence-electron chi connectivity index (χ3n) is 2.69. The first-order valence-electron chi connectivity index (χ1n) is 4.68. The molecule has 1 fully saturated rings. The summed E-state index contributed by atoms with van der Waals surface area (Å²) in [6, 6.07) is 0. The summed E-state index contributed by atoms with van der Waals surface area (Å²) in [5, 5.41) is 10.9. The van der Waals surface area contributed by atoms with Crippen molar-refractivity contribution in [1.29, 1.82) is 0 Å². The molecule has 72 valence electrons. The van der Waals surface area contributed by atoms with Crippen molar-refractivity contribution < 1.29 is 4.63 Å². The number of aromatic nitrogens is 2. The predicted molar refractivity (Wildman–Crippen MR) is 48.1 cm³/mol. The Bertz CT molecular complexity index is 291. The molecule has 0 saturated heterocycles. The molecule has 1 aliphatic rings. The van der Waals surface area contributed by atoms with Crippen molar-refractivity contribution in [2.45, 2.75) is 33.2 Å². The topological polar surface area (TPSA) is 51.0 Å². The Morgan fingerprint density at radius 1 is 1.46 bits per heavy atom. The molecule has 1 heterocycles. The zero-order valence-corrected chi connectivity index (χ0v) is 8.13. The molecule has 0 aromatic carbocycles. The Balaban J connectivity index is 1.77. The quantitative estimate of drug-likeness (QED) is 0.760. The van der Waals surface area contributed by atoms with Crippen molar-refractivity contribution in [3.63, 3.8) is 0 Å². The summed E-state index contributed by atoms with van der Waals surface area (Å²) < 4.78 is 4.60. The number of hydrogen-bond donors (Lipinski definition) is 1. The van der Waals surface area contributed by atoms with Crippen LogP contribution in [0.5, 0.6) is 0 Å². The summed E-state index contributed by atoms with van der Waals surface area (Å²) in [7, 11) is 0. The van der Waals surface area contributed by atoms with E-state index in [9.17, 15) is 0 Å². The summed E-state index contributed by atoms with van der Waals surface area (Å²) >= 11 is 0. The maximum Gasteiger partial charge on any atom is 0.121 e. The van der Waals surface area contributed by atoms with Gasteiger partial charge in [0.2, 0.25) is 0 Å². The van der Waals surface area contributed by atoms with Gasteiger partial charge in [0.15, 0.2) is 0 Å². The van der Waals surface area contributed by atoms with Crippen molar-refractivity contribution in [3.05, 3.63) is 11.4 Å². The van der Waals surface area contributed by atoms with E-state index in [0.717, 1.165) is 24.5 Å². The van der Waals surface area contributed by atoms with E-state index in [1.54, 1.807) is 0 Å². The molecule has 1 aromatic rings. The minimum Gasteiger partial charge on any atom is -0.310 e. The second-order valence-corrected chi connectivity index (χ2v) is 4.21. The number of aryl methyl sites for hydroxylation is 1. The van der Waals surface area contributed by atoms with E-state index < -0.39 is 0 Å². The Kier molecular flexibility index (Phi) is 2.07. The average Bonchev–Trinajstić information content (AvgIpc) is 2.68. The fraction of sp³-hybridized carbons (Fsp3) is 0.778. The molecule has 1 aliphatic carbocycles. The molecule has 0 amide bonds. The molecule has 4 heteroatoms. The molecule has 2 rings (SSSR count). The normalized spacial score (nSPS) is 18.9. The van der Waals surface area contributed by atoms with E-state index in [1.807, 2.05) is 6.92 Å². The third kappa shape index (κ3) is 2.06. The number of nitrogens with one attached hydrogen (secondary N) is 1. The highest BCUT2D eigenvalue weighted by Crippen LogP contribution is 2.44. The van der Waals surface area contributed by atoms with Gasteiger partial charge in [0.05, 0.1) is 0 Å². The van der Waals surface area contributed by atoms with Gasteiger partial charge in [-0.2, -0.15) is 0 Å². The van der Waals surface area contributed by atoms with Gasteiger partial charge >= 0.3 is 0 Å². The Morgan fingerprint density at radius 2 is 2.23 bits per heavy atom. The molecule has 0 bridgehead atoms. The van der Waals surface area contributed by atoms with E-state index in [-0.39, 0.29) is 0 Å². The minimum absolute atomic E-state index is 0.547. The van der Waals surface area contributed by atoms with Crippen molar-refractivity contribution in [3.8, 4) is 0 Å². The lowest BCUT2D eigenvalue weighted by Gasteiger charge is -2.07. The van der Waals surface area contributed by atoms with Crippen LogP contribution in [0, 0.1) is 12.3 Å². The van der Waals surface area contributed by atoms with E-state index in [1.165, 1.54) is 12.8 Å². The first-order valence-corrected chi connectivity index (χ1v) is 4.68. The lowest BCUT2D eigenvalue weighted by Crippen LogP contribution is -2.22. The lowest BCUT2D eigenvalue weighted by molar-refractivity contribution is 0.300. The van der Waals surface area contributed by atoms with Crippen LogP contribution in [0.2, 0.25) is 0 Å². The molecule has 13 heavy (non-hydrogen) atoms. The minimum atomic E-state index is 0.547. The summed E-state index contributed by atoms with van der Waals surface area (Å²) in [4.78, 5) is 0. The highest BCUT2D eigenvalue weighted by Gasteiger charge is 2.36. The largest absolute Gasteiger partial charge is 0.310 e. The van der Waals surface area contributed by atoms with Gasteiger partial charge in [0, 0.05) is 13.1 Å². The highest BCUT2D eigenvalue weighted by atomic mass is 16.6. The number of rotatable bonds is 4. The van der Waals surface area contributed by atoms with Crippen LogP contribution in [-0.2, 0) is 6.54 Å². The maximum atomic E-state index is 4.60. The second kappa shape index (κ2) is 3.10. The molecule has 0 atom stereocenters. The van der Waals surface area contributed by atoms with Gasteiger partial charge < -0.3 is 5.32 Å². The SMILES string of the molecule is Cc1nonc1CNCC1(C)CC1. The van der Waals surface area contributed by atoms with E-state index in [2.05, 4.69) is 27.2 Å². The standard InChI is InChI=1S/C9H15N3O/c1-7-8(12-13-11-7)5-10-6-9(2)3-4-9/h10H,3-6H2,1-2H3. The molecular weight excluding hydrogens is 166 g/mol. The Morgan fingerprint density at radius 3 is 2.77 bits per heavy atom. The van der Waals surface area contributed by atoms with Crippen molar-refractivity contribution in [2.24, 2.45) is 5.41 Å². The van der Waals surface area contributed by atoms with Crippen LogP contribution in [0.15, 0.2) is 4.63 Å². The summed E-state index contributed by atoms with van der Waals surface area (Å²) in [5.41, 5.74) is 2.35. The van der Waals surface area contributed by atoms with Crippen molar-refractivity contribution in [2.75, 3.05) is 6.54 Å². The fourth-order valence-electron chi connectivity index (χ4n) is 1.28. The summed E-state index contributed by atoms with van der Waals surface area (Å²) in [6.45, 7) is 6.05. The third-order valence-corrected chi connectivity index (χ3v) is 2.69. The molecule has 0 spiro atoms. The van der Waals surface area contributed by atoms with Crippen LogP contribution < -0.4 is 5.32 Å². The predicted octanol–water partition coefficient (Wildman–Crippen LogP) is 1.27. The molecule has 1 saturated carbocycles. The van der Waals surface area contributed by atoms with Crippen LogP contribution in [0.3, 0.4) is 0 Å². The molecule has 0 aliphatic heterocycles. The summed E-state index contributed by atoms with van der Waals surface area (Å²) in [6.07, 6.45) is 2.69. The smallest absolute Gasteiger partial charge is 0.121 e. The molecule has 0 radical (unpaired) electrons. The van der Waals surface area contributed by atoms with Crippen LogP contribution in [0.1, 0.15) is 31.2 Å². The van der Waals surface area contributed by atoms with Gasteiger partial charge in [-0.1, -0.05) is 17.2 Å². The molecule has 1 aromatic heterocycles. The molecule has 4 nitrogen and oxygen atoms in total. The first kappa shape index (κ1) is 8.69. The average molecular weight is 181 g/mol. The van der Waals surface area contributed by atoms with E-state index in [4.69, 9.17) is 0 Å². The Hall–Kier alpha value is -0.900. The zero-order valence-electron chi connectivity index (χ0n) is 8.13. The van der Waals surface area contributed by atoms with Crippen LogP contribution in [0.25, 0.3) is 0 Å². The van der Waals surface area contributed by atoms with Gasteiger partial charge in [-0.15, -0.1) is 0 Å². The van der Waals surface area contributed by atoms with Crippen LogP contribution in [0.4, 0.5) is 0 Å². The van der Waals surface area contributed by atoms with Gasteiger partial charge in [-0.25, -0.2) is 4.63 Å². The zero-order chi connectivity index (χ0) is 9.31. The number of nitrogens with zero attached hydrogens (tertiary/aromatic N) is 2. The monoisotopic (exact) mass is 181 g/mol. The molecule has 1 N–H and O–H groups in total. The van der Waals surface area contributed by atoms with Gasteiger partial charge in [-0.3, -0.25) is 0 Å². The van der Waals surface area contributed by atoms with Crippen LogP contribution >= 0.6 is 0 Å². The molecule has 0 unspecified atom stereocenters. The van der Waals surface area contributed by atoms with Gasteiger partial charge in [-0.05, 0) is 25.2 Å². The maximum absolute atomic E-state index is 4.60. The van der Waals surface area contributed by atoms with E-state index >= 15 is 0 Å². The molecular formula is C9H15N3O. The van der Waals surface area contributed by atoms with Gasteiger partial charge in [0.25, 0.3) is 0 Å². The van der Waals surface area contributed by atoms with Gasteiger partial charge in [0.1, 0.15) is 11.4 Å². The first-order chi connectivity index (χ1) is 6.20. The highest BCUT2D eigenvalue weighted by molar-refractivity contribution is 5.04. The van der Waals surface area contributed by atoms with Crippen LogP contribution in [-0.4, -0.2) is 16.9 Å². The summed E-state index contributed by atoms with van der Waals surface area (Å²) in [5.74, 6) is 0. The second-order valence-electron chi connectivity index (χ2n) is 4.21. The fourth-order valence-corrected chi connectivity index (χ4v) is 1.28. The lowest BCUT2D eigenvalue weighted by atomic mass is 10.1.